The van der Waals surface area contributed by atoms with Crippen LogP contribution < -0.4 is 0 Å². The summed E-state index contributed by atoms with van der Waals surface area (Å²) in [7, 11) is 0. The lowest BCUT2D eigenvalue weighted by Gasteiger charge is -2.08. The van der Waals surface area contributed by atoms with Crippen molar-refractivity contribution in [3.8, 4) is 0 Å². The summed E-state index contributed by atoms with van der Waals surface area (Å²) in [6.07, 6.45) is 2.48. The van der Waals surface area contributed by atoms with E-state index < -0.39 is 0 Å². The molecule has 0 saturated heterocycles. The summed E-state index contributed by atoms with van der Waals surface area (Å²) in [6, 6.07) is 0. The third-order valence-corrected chi connectivity index (χ3v) is 1.41. The maximum atomic E-state index is 9.04. The Hall–Kier alpha value is -0.0400. The van der Waals surface area contributed by atoms with Crippen molar-refractivity contribution in [2.75, 3.05) is 0 Å². The van der Waals surface area contributed by atoms with Crippen LogP contribution in [0, 0.1) is 12.8 Å². The Morgan fingerprint density at radius 3 is 2.22 bits per heavy atom. The zero-order valence-electron chi connectivity index (χ0n) is 6.43. The van der Waals surface area contributed by atoms with Gasteiger partial charge in [0.1, 0.15) is 0 Å². The van der Waals surface area contributed by atoms with Crippen LogP contribution in [0.3, 0.4) is 0 Å². The minimum absolute atomic E-state index is 0.174. The number of hydrogen-bond donors (Lipinski definition) is 1. The van der Waals surface area contributed by atoms with Crippen LogP contribution in [-0.2, 0) is 0 Å². The fraction of sp³-hybridized carbons (Fsp3) is 0.875. The minimum Gasteiger partial charge on any atom is -0.393 e. The van der Waals surface area contributed by atoms with Crippen molar-refractivity contribution < 1.29 is 5.11 Å². The van der Waals surface area contributed by atoms with Gasteiger partial charge in [-0.3, -0.25) is 0 Å². The van der Waals surface area contributed by atoms with Gasteiger partial charge < -0.3 is 5.11 Å². The molecule has 0 aliphatic carbocycles. The fourth-order valence-electron chi connectivity index (χ4n) is 0.670. The third-order valence-electron chi connectivity index (χ3n) is 1.41. The second-order valence-electron chi connectivity index (χ2n) is 2.91. The zero-order chi connectivity index (χ0) is 7.28. The first-order chi connectivity index (χ1) is 4.16. The summed E-state index contributed by atoms with van der Waals surface area (Å²) in [6.45, 7) is 7.94. The summed E-state index contributed by atoms with van der Waals surface area (Å²) in [5.74, 6) is 0.700. The van der Waals surface area contributed by atoms with E-state index in [2.05, 4.69) is 20.8 Å². The Kier molecular flexibility index (Phi) is 4.78. The second kappa shape index (κ2) is 4.80. The van der Waals surface area contributed by atoms with Gasteiger partial charge in [0.05, 0.1) is 6.10 Å². The Bertz CT molecular complexity index is 59.6. The van der Waals surface area contributed by atoms with Crippen molar-refractivity contribution >= 4 is 0 Å². The first-order valence-electron chi connectivity index (χ1n) is 3.64. The predicted molar refractivity (Wildman–Crippen MR) is 40.1 cm³/mol. The topological polar surface area (TPSA) is 20.2 Å². The van der Waals surface area contributed by atoms with Crippen LogP contribution in [0.1, 0.15) is 33.1 Å². The standard InChI is InChI=1S/C8H17O/c1-4-8(9)6-5-7(2)3/h7-9H,1,4-6H2,2-3H3. The molecule has 0 heterocycles. The quantitative estimate of drug-likeness (QED) is 0.615. The molecule has 0 saturated carbocycles. The van der Waals surface area contributed by atoms with Crippen LogP contribution in [0.15, 0.2) is 0 Å². The van der Waals surface area contributed by atoms with E-state index in [0.717, 1.165) is 12.8 Å². The molecule has 0 aromatic carbocycles. The van der Waals surface area contributed by atoms with Crippen LogP contribution in [0.25, 0.3) is 0 Å². The highest BCUT2D eigenvalue weighted by Crippen LogP contribution is 2.07. The van der Waals surface area contributed by atoms with Crippen molar-refractivity contribution in [3.63, 3.8) is 0 Å². The lowest BCUT2D eigenvalue weighted by molar-refractivity contribution is 0.159. The van der Waals surface area contributed by atoms with E-state index in [1.807, 2.05) is 0 Å². The largest absolute Gasteiger partial charge is 0.393 e. The van der Waals surface area contributed by atoms with Gasteiger partial charge >= 0.3 is 0 Å². The lowest BCUT2D eigenvalue weighted by atomic mass is 10.0. The molecule has 0 aliphatic rings. The first-order valence-corrected chi connectivity index (χ1v) is 3.64. The maximum absolute atomic E-state index is 9.04. The summed E-state index contributed by atoms with van der Waals surface area (Å²) >= 11 is 0. The molecule has 1 unspecified atom stereocenters. The molecule has 55 valence electrons. The Balaban J connectivity index is 3.06. The van der Waals surface area contributed by atoms with Gasteiger partial charge in [-0.05, 0) is 25.2 Å². The molecule has 0 aromatic rings. The van der Waals surface area contributed by atoms with E-state index in [0.29, 0.717) is 12.3 Å². The van der Waals surface area contributed by atoms with Crippen molar-refractivity contribution in [2.45, 2.75) is 39.2 Å². The first kappa shape index (κ1) is 8.96. The van der Waals surface area contributed by atoms with E-state index in [1.165, 1.54) is 0 Å². The van der Waals surface area contributed by atoms with E-state index in [4.69, 9.17) is 5.11 Å². The van der Waals surface area contributed by atoms with Crippen LogP contribution in [-0.4, -0.2) is 11.2 Å². The molecule has 1 radical (unpaired) electrons. The average molecular weight is 129 g/mol. The van der Waals surface area contributed by atoms with Gasteiger partial charge in [-0.1, -0.05) is 20.8 Å². The molecule has 0 fully saturated rings. The van der Waals surface area contributed by atoms with Gasteiger partial charge in [0.2, 0.25) is 0 Å². The summed E-state index contributed by atoms with van der Waals surface area (Å²) in [5, 5.41) is 9.04. The molecule has 0 aromatic heterocycles. The molecular formula is C8H17O. The lowest BCUT2D eigenvalue weighted by Crippen LogP contribution is -2.05. The number of hydrogen-bond acceptors (Lipinski definition) is 1. The number of aliphatic hydroxyl groups is 1. The van der Waals surface area contributed by atoms with Crippen molar-refractivity contribution in [1.82, 2.24) is 0 Å². The summed E-state index contributed by atoms with van der Waals surface area (Å²) in [5.41, 5.74) is 0. The molecule has 0 bridgehead atoms. The Morgan fingerprint density at radius 1 is 1.33 bits per heavy atom. The van der Waals surface area contributed by atoms with Crippen LogP contribution >= 0.6 is 0 Å². The van der Waals surface area contributed by atoms with Crippen LogP contribution in [0.4, 0.5) is 0 Å². The Labute approximate surface area is 58.1 Å². The van der Waals surface area contributed by atoms with E-state index in [-0.39, 0.29) is 6.10 Å². The van der Waals surface area contributed by atoms with Gasteiger partial charge in [0.15, 0.2) is 0 Å². The third kappa shape index (κ3) is 5.84. The number of rotatable bonds is 4. The molecule has 0 rings (SSSR count). The van der Waals surface area contributed by atoms with Gasteiger partial charge in [-0.25, -0.2) is 0 Å². The van der Waals surface area contributed by atoms with E-state index >= 15 is 0 Å². The highest BCUT2D eigenvalue weighted by Gasteiger charge is 2.01. The van der Waals surface area contributed by atoms with Crippen molar-refractivity contribution in [2.24, 2.45) is 5.92 Å². The zero-order valence-corrected chi connectivity index (χ0v) is 6.43. The molecular weight excluding hydrogens is 112 g/mol. The van der Waals surface area contributed by atoms with Crippen LogP contribution in [0.2, 0.25) is 0 Å². The van der Waals surface area contributed by atoms with E-state index in [1.54, 1.807) is 0 Å². The van der Waals surface area contributed by atoms with Gasteiger partial charge in [-0.15, -0.1) is 0 Å². The highest BCUT2D eigenvalue weighted by atomic mass is 16.3. The summed E-state index contributed by atoms with van der Waals surface area (Å²) < 4.78 is 0. The Morgan fingerprint density at radius 2 is 1.89 bits per heavy atom. The second-order valence-corrected chi connectivity index (χ2v) is 2.91. The molecule has 0 spiro atoms. The predicted octanol–water partition coefficient (Wildman–Crippen LogP) is 2.01. The van der Waals surface area contributed by atoms with Gasteiger partial charge in [-0.2, -0.15) is 0 Å². The highest BCUT2D eigenvalue weighted by molar-refractivity contribution is 4.57. The SMILES string of the molecule is [CH2]CC(O)CCC(C)C. The van der Waals surface area contributed by atoms with Gasteiger partial charge in [0.25, 0.3) is 0 Å². The monoisotopic (exact) mass is 129 g/mol. The molecule has 1 N–H and O–H groups in total. The molecule has 1 heteroatoms. The minimum atomic E-state index is -0.174. The van der Waals surface area contributed by atoms with Crippen molar-refractivity contribution in [3.05, 3.63) is 6.92 Å². The smallest absolute Gasteiger partial charge is 0.0540 e. The van der Waals surface area contributed by atoms with Gasteiger partial charge in [0, 0.05) is 0 Å². The van der Waals surface area contributed by atoms with Crippen molar-refractivity contribution in [1.29, 1.82) is 0 Å². The molecule has 0 amide bonds. The molecule has 1 atom stereocenters. The molecule has 0 aliphatic heterocycles. The summed E-state index contributed by atoms with van der Waals surface area (Å²) in [4.78, 5) is 0. The van der Waals surface area contributed by atoms with E-state index in [9.17, 15) is 0 Å². The fourth-order valence-corrected chi connectivity index (χ4v) is 0.670. The van der Waals surface area contributed by atoms with Crippen LogP contribution in [0.5, 0.6) is 0 Å². The number of aliphatic hydroxyl groups excluding tert-OH is 1. The molecule has 9 heavy (non-hydrogen) atoms. The maximum Gasteiger partial charge on any atom is 0.0540 e. The normalized spacial score (nSPS) is 14.3. The molecule has 1 nitrogen and oxygen atoms in total. The average Bonchev–Trinajstić information content (AvgIpc) is 1.83.